The van der Waals surface area contributed by atoms with Gasteiger partial charge in [-0.15, -0.1) is 17.1 Å². The first kappa shape index (κ1) is 9.74. The van der Waals surface area contributed by atoms with Gasteiger partial charge in [0.15, 0.2) is 0 Å². The van der Waals surface area contributed by atoms with Crippen molar-refractivity contribution in [3.8, 4) is 11.5 Å². The number of carbonyl (C=O) groups excluding carboxylic acids is 1. The maximum absolute atomic E-state index is 10.6. The van der Waals surface area contributed by atoms with E-state index in [2.05, 4.69) is 31.1 Å². The van der Waals surface area contributed by atoms with Crippen LogP contribution in [0.5, 0.6) is 0 Å². The molecule has 0 aromatic carbocycles. The van der Waals surface area contributed by atoms with E-state index in [0.29, 0.717) is 0 Å². The minimum atomic E-state index is -1.38. The SMILES string of the molecule is C[Si](C)(C)C#CC(=O)CCl. The van der Waals surface area contributed by atoms with E-state index in [1.54, 1.807) is 0 Å². The van der Waals surface area contributed by atoms with Gasteiger partial charge in [0, 0.05) is 0 Å². The lowest BCUT2D eigenvalue weighted by Crippen LogP contribution is -2.17. The van der Waals surface area contributed by atoms with Crippen LogP contribution in [0.3, 0.4) is 0 Å². The lowest BCUT2D eigenvalue weighted by atomic mass is 10.5. The second-order valence-electron chi connectivity index (χ2n) is 3.06. The number of halogens is 1. The average Bonchev–Trinajstić information content (AvgIpc) is 1.81. The van der Waals surface area contributed by atoms with Crippen LogP contribution in [0.25, 0.3) is 0 Å². The van der Waals surface area contributed by atoms with Crippen molar-refractivity contribution in [1.29, 1.82) is 0 Å². The Labute approximate surface area is 67.8 Å². The van der Waals surface area contributed by atoms with E-state index in [1.807, 2.05) is 0 Å². The topological polar surface area (TPSA) is 17.1 Å². The van der Waals surface area contributed by atoms with E-state index >= 15 is 0 Å². The number of carbonyl (C=O) groups is 1. The van der Waals surface area contributed by atoms with Gasteiger partial charge in [-0.1, -0.05) is 19.6 Å². The maximum Gasteiger partial charge on any atom is 0.219 e. The first-order valence-corrected chi connectivity index (χ1v) is 7.11. The molecule has 0 atom stereocenters. The molecule has 0 amide bonds. The van der Waals surface area contributed by atoms with Crippen molar-refractivity contribution < 1.29 is 4.79 Å². The molecular formula is C7H11ClOSi. The highest BCUT2D eigenvalue weighted by molar-refractivity contribution is 6.84. The largest absolute Gasteiger partial charge is 0.284 e. The summed E-state index contributed by atoms with van der Waals surface area (Å²) in [5, 5.41) is 0. The molecule has 0 spiro atoms. The summed E-state index contributed by atoms with van der Waals surface area (Å²) in [7, 11) is -1.38. The summed E-state index contributed by atoms with van der Waals surface area (Å²) < 4.78 is 0. The van der Waals surface area contributed by atoms with Gasteiger partial charge in [0.1, 0.15) is 8.07 Å². The van der Waals surface area contributed by atoms with Gasteiger partial charge in [-0.25, -0.2) is 0 Å². The highest BCUT2D eigenvalue weighted by Gasteiger charge is 2.07. The summed E-state index contributed by atoms with van der Waals surface area (Å²) in [6.07, 6.45) is 0. The fourth-order valence-electron chi connectivity index (χ4n) is 0.291. The van der Waals surface area contributed by atoms with E-state index in [4.69, 9.17) is 11.6 Å². The molecule has 0 bridgehead atoms. The lowest BCUT2D eigenvalue weighted by Gasteiger charge is -2.02. The molecule has 0 aliphatic carbocycles. The predicted molar refractivity (Wildman–Crippen MR) is 46.8 cm³/mol. The molecule has 56 valence electrons. The quantitative estimate of drug-likeness (QED) is 0.336. The molecule has 0 N–H and O–H groups in total. The molecule has 0 aromatic rings. The molecule has 0 aromatic heterocycles. The zero-order valence-corrected chi connectivity index (χ0v) is 8.25. The Balaban J connectivity index is 4.05. The van der Waals surface area contributed by atoms with Crippen LogP contribution >= 0.6 is 11.6 Å². The van der Waals surface area contributed by atoms with Gasteiger partial charge in [0.05, 0.1) is 5.88 Å². The summed E-state index contributed by atoms with van der Waals surface area (Å²) in [6, 6.07) is 0. The zero-order valence-electron chi connectivity index (χ0n) is 6.49. The van der Waals surface area contributed by atoms with Crippen molar-refractivity contribution in [2.75, 3.05) is 5.88 Å². The van der Waals surface area contributed by atoms with Crippen LogP contribution < -0.4 is 0 Å². The Morgan fingerprint density at radius 3 is 2.30 bits per heavy atom. The van der Waals surface area contributed by atoms with Crippen LogP contribution in [-0.4, -0.2) is 19.7 Å². The number of rotatable bonds is 1. The van der Waals surface area contributed by atoms with Gasteiger partial charge < -0.3 is 0 Å². The molecular weight excluding hydrogens is 164 g/mol. The fraction of sp³-hybridized carbons (Fsp3) is 0.571. The minimum absolute atomic E-state index is 0.0114. The van der Waals surface area contributed by atoms with E-state index in [-0.39, 0.29) is 11.7 Å². The van der Waals surface area contributed by atoms with Gasteiger partial charge >= 0.3 is 0 Å². The minimum Gasteiger partial charge on any atom is -0.284 e. The lowest BCUT2D eigenvalue weighted by molar-refractivity contribution is -0.111. The first-order chi connectivity index (χ1) is 4.45. The van der Waals surface area contributed by atoms with Gasteiger partial charge in [-0.05, 0) is 5.92 Å². The third kappa shape index (κ3) is 5.87. The second-order valence-corrected chi connectivity index (χ2v) is 8.07. The molecule has 0 aliphatic heterocycles. The monoisotopic (exact) mass is 174 g/mol. The Bertz CT molecular complexity index is 182. The molecule has 0 heterocycles. The number of hydrogen-bond donors (Lipinski definition) is 0. The summed E-state index contributed by atoms with van der Waals surface area (Å²) in [5.74, 6) is 2.35. The molecule has 0 fully saturated rings. The van der Waals surface area contributed by atoms with E-state index < -0.39 is 8.07 Å². The molecule has 10 heavy (non-hydrogen) atoms. The highest BCUT2D eigenvalue weighted by atomic mass is 35.5. The Morgan fingerprint density at radius 1 is 1.50 bits per heavy atom. The summed E-state index contributed by atoms with van der Waals surface area (Å²) in [6.45, 7) is 6.25. The predicted octanol–water partition coefficient (Wildman–Crippen LogP) is 1.68. The van der Waals surface area contributed by atoms with Crippen LogP contribution in [0, 0.1) is 11.5 Å². The smallest absolute Gasteiger partial charge is 0.219 e. The van der Waals surface area contributed by atoms with Gasteiger partial charge in [-0.3, -0.25) is 4.79 Å². The average molecular weight is 175 g/mol. The summed E-state index contributed by atoms with van der Waals surface area (Å²) in [5.41, 5.74) is 2.93. The third-order valence-electron chi connectivity index (χ3n) is 0.698. The molecule has 1 nitrogen and oxygen atoms in total. The molecule has 0 saturated heterocycles. The Kier molecular flexibility index (Phi) is 3.70. The van der Waals surface area contributed by atoms with E-state index in [9.17, 15) is 4.79 Å². The fourth-order valence-corrected chi connectivity index (χ4v) is 0.872. The van der Waals surface area contributed by atoms with Crippen LogP contribution in [0.15, 0.2) is 0 Å². The first-order valence-electron chi connectivity index (χ1n) is 3.07. The van der Waals surface area contributed by atoms with Crippen molar-refractivity contribution >= 4 is 25.5 Å². The van der Waals surface area contributed by atoms with Crippen molar-refractivity contribution in [2.45, 2.75) is 19.6 Å². The molecule has 0 rings (SSSR count). The number of hydrogen-bond acceptors (Lipinski definition) is 1. The molecule has 0 aliphatic rings. The van der Waals surface area contributed by atoms with Crippen molar-refractivity contribution in [1.82, 2.24) is 0 Å². The summed E-state index contributed by atoms with van der Waals surface area (Å²) >= 11 is 5.24. The van der Waals surface area contributed by atoms with Crippen molar-refractivity contribution in [3.63, 3.8) is 0 Å². The number of Topliss-reactive ketones (excluding diaryl/α,β-unsaturated/α-hetero) is 1. The highest BCUT2D eigenvalue weighted by Crippen LogP contribution is 1.95. The Hall–Kier alpha value is -0.263. The van der Waals surface area contributed by atoms with Gasteiger partial charge in [-0.2, -0.15) is 0 Å². The maximum atomic E-state index is 10.6. The van der Waals surface area contributed by atoms with Crippen LogP contribution in [-0.2, 0) is 4.79 Å². The third-order valence-corrected chi connectivity index (χ3v) is 1.82. The standard InChI is InChI=1S/C7H11ClOSi/c1-10(2,3)5-4-7(9)6-8/h6H2,1-3H3. The van der Waals surface area contributed by atoms with E-state index in [1.165, 1.54) is 0 Å². The molecule has 0 radical (unpaired) electrons. The van der Waals surface area contributed by atoms with Crippen LogP contribution in [0.4, 0.5) is 0 Å². The summed E-state index contributed by atoms with van der Waals surface area (Å²) in [4.78, 5) is 10.6. The van der Waals surface area contributed by atoms with Crippen LogP contribution in [0.1, 0.15) is 0 Å². The second kappa shape index (κ2) is 3.80. The Morgan fingerprint density at radius 2 is 2.00 bits per heavy atom. The normalized spacial score (nSPS) is 10.0. The number of ketones is 1. The van der Waals surface area contributed by atoms with Crippen molar-refractivity contribution in [3.05, 3.63) is 0 Å². The molecule has 3 heteroatoms. The number of alkyl halides is 1. The van der Waals surface area contributed by atoms with Crippen molar-refractivity contribution in [2.24, 2.45) is 0 Å². The van der Waals surface area contributed by atoms with E-state index in [0.717, 1.165) is 0 Å². The van der Waals surface area contributed by atoms with Gasteiger partial charge in [0.2, 0.25) is 5.78 Å². The molecule has 0 unspecified atom stereocenters. The van der Waals surface area contributed by atoms with Crippen LogP contribution in [0.2, 0.25) is 19.6 Å². The van der Waals surface area contributed by atoms with Gasteiger partial charge in [0.25, 0.3) is 0 Å². The molecule has 0 saturated carbocycles. The zero-order chi connectivity index (χ0) is 8.20.